The molecule has 4 rings (SSSR count). The monoisotopic (exact) mass is 449 g/mol. The van der Waals surface area contributed by atoms with Gasteiger partial charge in [-0.2, -0.15) is 0 Å². The average molecular weight is 449 g/mol. The first-order valence-electron chi connectivity index (χ1n) is 10.8. The zero-order valence-electron chi connectivity index (χ0n) is 18.0. The predicted octanol–water partition coefficient (Wildman–Crippen LogP) is 4.37. The molecule has 3 aromatic rings. The molecular weight excluding hydrogens is 425 g/mol. The Bertz CT molecular complexity index is 1140. The van der Waals surface area contributed by atoms with Crippen molar-refractivity contribution < 1.29 is 23.5 Å². The number of nitrogens with zero attached hydrogens (tertiary/aromatic N) is 1. The number of benzene rings is 2. The van der Waals surface area contributed by atoms with E-state index in [0.29, 0.717) is 43.6 Å². The number of rotatable bonds is 9. The first-order valence-corrected chi connectivity index (χ1v) is 10.8. The minimum absolute atomic E-state index is 0.0268. The number of hydrogen-bond donors (Lipinski definition) is 2. The van der Waals surface area contributed by atoms with Crippen LogP contribution in [0.4, 0.5) is 10.1 Å². The third-order valence-electron chi connectivity index (χ3n) is 5.14. The quantitative estimate of drug-likeness (QED) is 0.474. The first-order chi connectivity index (χ1) is 16.1. The van der Waals surface area contributed by atoms with Crippen LogP contribution in [0.5, 0.6) is 17.2 Å². The molecule has 8 heteroatoms. The minimum atomic E-state index is -0.511. The minimum Gasteiger partial charge on any atom is -0.494 e. The highest BCUT2D eigenvalue weighted by atomic mass is 19.1. The Morgan fingerprint density at radius 1 is 1.12 bits per heavy atom. The summed E-state index contributed by atoms with van der Waals surface area (Å²) in [6.07, 6.45) is 5.12. The van der Waals surface area contributed by atoms with E-state index >= 15 is 0 Å². The Kier molecular flexibility index (Phi) is 7.14. The second-order valence-corrected chi connectivity index (χ2v) is 7.65. The molecule has 7 nitrogen and oxygen atoms in total. The largest absolute Gasteiger partial charge is 0.494 e. The van der Waals surface area contributed by atoms with Crippen molar-refractivity contribution in [1.82, 2.24) is 10.3 Å². The van der Waals surface area contributed by atoms with E-state index in [0.717, 1.165) is 17.0 Å². The zero-order chi connectivity index (χ0) is 23.0. The number of nitrogens with one attached hydrogen (secondary N) is 2. The van der Waals surface area contributed by atoms with Gasteiger partial charge in [-0.15, -0.1) is 0 Å². The molecule has 0 aliphatic carbocycles. The third kappa shape index (κ3) is 6.29. The van der Waals surface area contributed by atoms with Crippen LogP contribution in [0.25, 0.3) is 0 Å². The van der Waals surface area contributed by atoms with Gasteiger partial charge in [-0.05, 0) is 66.4 Å². The summed E-state index contributed by atoms with van der Waals surface area (Å²) in [5, 5.41) is 5.62. The van der Waals surface area contributed by atoms with E-state index in [9.17, 15) is 14.0 Å². The highest BCUT2D eigenvalue weighted by Crippen LogP contribution is 2.27. The molecule has 2 amide bonds. The van der Waals surface area contributed by atoms with Crippen LogP contribution < -0.4 is 20.1 Å². The van der Waals surface area contributed by atoms with Crippen molar-refractivity contribution in [3.8, 4) is 17.2 Å². The lowest BCUT2D eigenvalue weighted by molar-refractivity contribution is -0.121. The van der Waals surface area contributed by atoms with Crippen molar-refractivity contribution in [2.24, 2.45) is 0 Å². The Balaban J connectivity index is 1.18. The van der Waals surface area contributed by atoms with Crippen molar-refractivity contribution in [3.05, 3.63) is 77.9 Å². The van der Waals surface area contributed by atoms with Crippen molar-refractivity contribution in [2.75, 3.05) is 11.9 Å². The molecule has 2 N–H and O–H groups in total. The van der Waals surface area contributed by atoms with Crippen molar-refractivity contribution in [1.29, 1.82) is 0 Å². The lowest BCUT2D eigenvalue weighted by atomic mass is 10.0. The standard InChI is InChI=1S/C25H24FN3O4/c26-21-13-17(5-9-23(21)33-20-3-1-11-27-16-20)15-28-24(30)4-2-12-32-19-7-8-22-18(14-19)6-10-25(31)29-22/h1,3,5,7-9,11,13-14,16H,2,4,6,10,12,15H2,(H,28,30)(H,29,31). The van der Waals surface area contributed by atoms with Crippen molar-refractivity contribution in [2.45, 2.75) is 32.2 Å². The number of aryl methyl sites for hydroxylation is 1. The maximum absolute atomic E-state index is 14.3. The molecule has 0 bridgehead atoms. The summed E-state index contributed by atoms with van der Waals surface area (Å²) >= 11 is 0. The number of carbonyl (C=O) groups excluding carboxylic acids is 2. The molecule has 33 heavy (non-hydrogen) atoms. The number of hydrogen-bond acceptors (Lipinski definition) is 5. The summed E-state index contributed by atoms with van der Waals surface area (Å²) in [5.74, 6) is 0.640. The Labute approximate surface area is 190 Å². The number of anilines is 1. The van der Waals surface area contributed by atoms with Gasteiger partial charge in [0.2, 0.25) is 11.8 Å². The van der Waals surface area contributed by atoms with Crippen LogP contribution in [0.1, 0.15) is 30.4 Å². The first kappa shape index (κ1) is 22.3. The van der Waals surface area contributed by atoms with Gasteiger partial charge in [0.1, 0.15) is 11.5 Å². The number of aromatic nitrogens is 1. The van der Waals surface area contributed by atoms with Gasteiger partial charge in [-0.3, -0.25) is 14.6 Å². The van der Waals surface area contributed by atoms with Crippen LogP contribution >= 0.6 is 0 Å². The summed E-state index contributed by atoms with van der Waals surface area (Å²) in [7, 11) is 0. The van der Waals surface area contributed by atoms with E-state index in [1.165, 1.54) is 18.3 Å². The van der Waals surface area contributed by atoms with Crippen LogP contribution in [0.15, 0.2) is 60.9 Å². The van der Waals surface area contributed by atoms with Gasteiger partial charge in [-0.25, -0.2) is 4.39 Å². The molecular formula is C25H24FN3O4. The maximum Gasteiger partial charge on any atom is 0.224 e. The van der Waals surface area contributed by atoms with Gasteiger partial charge in [0.05, 0.1) is 12.8 Å². The summed E-state index contributed by atoms with van der Waals surface area (Å²) < 4.78 is 25.5. The van der Waals surface area contributed by atoms with E-state index < -0.39 is 5.82 Å². The number of pyridine rings is 1. The predicted molar refractivity (Wildman–Crippen MR) is 121 cm³/mol. The normalized spacial score (nSPS) is 12.5. The van der Waals surface area contributed by atoms with Crippen LogP contribution in [-0.2, 0) is 22.6 Å². The van der Waals surface area contributed by atoms with Crippen molar-refractivity contribution in [3.63, 3.8) is 0 Å². The van der Waals surface area contributed by atoms with E-state index in [1.807, 2.05) is 12.1 Å². The maximum atomic E-state index is 14.3. The lowest BCUT2D eigenvalue weighted by Crippen LogP contribution is -2.23. The van der Waals surface area contributed by atoms with Gasteiger partial charge in [0.15, 0.2) is 11.6 Å². The summed E-state index contributed by atoms with van der Waals surface area (Å²) in [5.41, 5.74) is 2.51. The highest BCUT2D eigenvalue weighted by Gasteiger charge is 2.15. The molecule has 2 heterocycles. The van der Waals surface area contributed by atoms with Crippen LogP contribution in [-0.4, -0.2) is 23.4 Å². The SMILES string of the molecule is O=C(CCCOc1ccc2c(c1)CCC(=O)N2)NCc1ccc(Oc2cccnc2)c(F)c1. The van der Waals surface area contributed by atoms with Crippen molar-refractivity contribution >= 4 is 17.5 Å². The summed E-state index contributed by atoms with van der Waals surface area (Å²) in [6, 6.07) is 13.5. The molecule has 0 fully saturated rings. The molecule has 0 saturated carbocycles. The van der Waals surface area contributed by atoms with Crippen LogP contribution in [0, 0.1) is 5.82 Å². The topological polar surface area (TPSA) is 89.6 Å². The Morgan fingerprint density at radius 2 is 2.03 bits per heavy atom. The average Bonchev–Trinajstić information content (AvgIpc) is 2.83. The highest BCUT2D eigenvalue weighted by molar-refractivity contribution is 5.94. The molecule has 2 aromatic carbocycles. The van der Waals surface area contributed by atoms with Crippen LogP contribution in [0.3, 0.4) is 0 Å². The second kappa shape index (κ2) is 10.6. The lowest BCUT2D eigenvalue weighted by Gasteiger charge is -2.17. The van der Waals surface area contributed by atoms with Gasteiger partial charge < -0.3 is 20.1 Å². The fourth-order valence-corrected chi connectivity index (χ4v) is 3.43. The fraction of sp³-hybridized carbons (Fsp3) is 0.240. The number of fused-ring (bicyclic) bond motifs is 1. The molecule has 1 aliphatic heterocycles. The molecule has 0 radical (unpaired) electrons. The van der Waals surface area contributed by atoms with Gasteiger partial charge in [-0.1, -0.05) is 6.07 Å². The number of halogens is 1. The van der Waals surface area contributed by atoms with Crippen LogP contribution in [0.2, 0.25) is 0 Å². The summed E-state index contributed by atoms with van der Waals surface area (Å²) in [6.45, 7) is 0.619. The Hall–Kier alpha value is -3.94. The van der Waals surface area contributed by atoms with Gasteiger partial charge in [0, 0.05) is 31.3 Å². The van der Waals surface area contributed by atoms with Gasteiger partial charge in [0.25, 0.3) is 0 Å². The third-order valence-corrected chi connectivity index (χ3v) is 5.14. The number of carbonyl (C=O) groups is 2. The fourth-order valence-electron chi connectivity index (χ4n) is 3.43. The van der Waals surface area contributed by atoms with Gasteiger partial charge >= 0.3 is 0 Å². The van der Waals surface area contributed by atoms with E-state index in [4.69, 9.17) is 9.47 Å². The smallest absolute Gasteiger partial charge is 0.224 e. The molecule has 0 spiro atoms. The summed E-state index contributed by atoms with van der Waals surface area (Å²) in [4.78, 5) is 27.5. The van der Waals surface area contributed by atoms with E-state index in [2.05, 4.69) is 15.6 Å². The molecule has 170 valence electrons. The zero-order valence-corrected chi connectivity index (χ0v) is 18.0. The molecule has 1 aliphatic rings. The van der Waals surface area contributed by atoms with E-state index in [1.54, 1.807) is 30.5 Å². The van der Waals surface area contributed by atoms with E-state index in [-0.39, 0.29) is 24.1 Å². The number of ether oxygens (including phenoxy) is 2. The Morgan fingerprint density at radius 3 is 2.85 bits per heavy atom. The molecule has 0 saturated heterocycles. The number of amides is 2. The molecule has 0 atom stereocenters. The molecule has 0 unspecified atom stereocenters. The second-order valence-electron chi connectivity index (χ2n) is 7.65. The molecule has 1 aromatic heterocycles.